The van der Waals surface area contributed by atoms with Gasteiger partial charge in [-0.2, -0.15) is 0 Å². The molecule has 1 amide bonds. The molecule has 1 aliphatic carbocycles. The van der Waals surface area contributed by atoms with E-state index in [1.54, 1.807) is 0 Å². The van der Waals surface area contributed by atoms with E-state index in [4.69, 9.17) is 5.11 Å². The summed E-state index contributed by atoms with van der Waals surface area (Å²) in [6.07, 6.45) is 5.47. The lowest BCUT2D eigenvalue weighted by Crippen LogP contribution is -2.15. The number of aliphatic hydroxyl groups excluding tert-OH is 1. The zero-order valence-electron chi connectivity index (χ0n) is 11.9. The molecule has 0 aromatic heterocycles. The van der Waals surface area contributed by atoms with Gasteiger partial charge in [0.15, 0.2) is 0 Å². The Hall–Kier alpha value is -1.79. The molecule has 1 fully saturated rings. The third-order valence-corrected chi connectivity index (χ3v) is 3.77. The molecule has 0 unspecified atom stereocenters. The molecule has 1 aromatic carbocycles. The van der Waals surface area contributed by atoms with Crippen LogP contribution in [0.25, 0.3) is 0 Å². The van der Waals surface area contributed by atoms with Crippen LogP contribution < -0.4 is 5.32 Å². The summed E-state index contributed by atoms with van der Waals surface area (Å²) >= 11 is 0. The van der Waals surface area contributed by atoms with E-state index in [-0.39, 0.29) is 12.5 Å². The summed E-state index contributed by atoms with van der Waals surface area (Å²) in [5.74, 6) is 6.17. The van der Waals surface area contributed by atoms with Crippen LogP contribution in [-0.4, -0.2) is 17.6 Å². The van der Waals surface area contributed by atoms with Gasteiger partial charge in [-0.15, -0.1) is 0 Å². The smallest absolute Gasteiger partial charge is 0.224 e. The van der Waals surface area contributed by atoms with Crippen LogP contribution in [0.4, 0.5) is 5.69 Å². The Morgan fingerprint density at radius 3 is 2.85 bits per heavy atom. The maximum Gasteiger partial charge on any atom is 0.224 e. The van der Waals surface area contributed by atoms with Gasteiger partial charge in [-0.3, -0.25) is 4.79 Å². The summed E-state index contributed by atoms with van der Waals surface area (Å²) in [6, 6.07) is 5.70. The third kappa shape index (κ3) is 4.11. The average Bonchev–Trinajstić information content (AvgIpc) is 2.92. The number of hydrogen-bond donors (Lipinski definition) is 2. The summed E-state index contributed by atoms with van der Waals surface area (Å²) < 4.78 is 0. The minimum atomic E-state index is -0.155. The Labute approximate surface area is 120 Å². The fraction of sp³-hybridized carbons (Fsp3) is 0.471. The first kappa shape index (κ1) is 14.6. The standard InChI is InChI=1S/C17H21NO2/c1-13-8-9-16(12-15(13)7-4-10-19)18-17(20)11-14-5-2-3-6-14/h8-9,12,14,19H,2-3,5-6,10-11H2,1H3,(H,18,20). The normalized spacial score (nSPS) is 14.7. The highest BCUT2D eigenvalue weighted by atomic mass is 16.2. The van der Waals surface area contributed by atoms with E-state index in [0.717, 1.165) is 16.8 Å². The monoisotopic (exact) mass is 271 g/mol. The first-order chi connectivity index (χ1) is 9.69. The summed E-state index contributed by atoms with van der Waals surface area (Å²) in [5, 5.41) is 11.7. The molecule has 0 saturated heterocycles. The Kier molecular flexibility index (Phi) is 5.20. The van der Waals surface area contributed by atoms with Gasteiger partial charge in [-0.25, -0.2) is 0 Å². The quantitative estimate of drug-likeness (QED) is 0.831. The molecule has 0 radical (unpaired) electrons. The van der Waals surface area contributed by atoms with Gasteiger partial charge in [0.1, 0.15) is 6.61 Å². The highest BCUT2D eigenvalue weighted by Crippen LogP contribution is 2.27. The van der Waals surface area contributed by atoms with E-state index in [1.807, 2.05) is 25.1 Å². The second-order valence-electron chi connectivity index (χ2n) is 5.39. The number of rotatable bonds is 3. The van der Waals surface area contributed by atoms with Crippen molar-refractivity contribution in [1.29, 1.82) is 0 Å². The number of nitrogens with one attached hydrogen (secondary N) is 1. The fourth-order valence-corrected chi connectivity index (χ4v) is 2.66. The van der Waals surface area contributed by atoms with Crippen molar-refractivity contribution in [1.82, 2.24) is 0 Å². The number of carbonyl (C=O) groups is 1. The van der Waals surface area contributed by atoms with Gasteiger partial charge in [0.2, 0.25) is 5.91 Å². The van der Waals surface area contributed by atoms with Gasteiger partial charge in [0.25, 0.3) is 0 Å². The number of aliphatic hydroxyl groups is 1. The van der Waals surface area contributed by atoms with Crippen LogP contribution in [0.15, 0.2) is 18.2 Å². The fourth-order valence-electron chi connectivity index (χ4n) is 2.66. The van der Waals surface area contributed by atoms with E-state index in [1.165, 1.54) is 25.7 Å². The minimum Gasteiger partial charge on any atom is -0.384 e. The third-order valence-electron chi connectivity index (χ3n) is 3.77. The van der Waals surface area contributed by atoms with Gasteiger partial charge in [-0.1, -0.05) is 30.7 Å². The molecule has 3 nitrogen and oxygen atoms in total. The van der Waals surface area contributed by atoms with Gasteiger partial charge >= 0.3 is 0 Å². The molecule has 0 bridgehead atoms. The molecule has 0 atom stereocenters. The average molecular weight is 271 g/mol. The predicted molar refractivity (Wildman–Crippen MR) is 80.3 cm³/mol. The Balaban J connectivity index is 1.99. The lowest BCUT2D eigenvalue weighted by atomic mass is 10.0. The van der Waals surface area contributed by atoms with Crippen molar-refractivity contribution < 1.29 is 9.90 Å². The van der Waals surface area contributed by atoms with Gasteiger partial charge in [-0.05, 0) is 43.4 Å². The van der Waals surface area contributed by atoms with Crippen LogP contribution in [0.3, 0.4) is 0 Å². The van der Waals surface area contributed by atoms with Crippen LogP contribution in [-0.2, 0) is 4.79 Å². The lowest BCUT2D eigenvalue weighted by Gasteiger charge is -2.10. The van der Waals surface area contributed by atoms with Gasteiger partial charge in [0.05, 0.1) is 0 Å². The van der Waals surface area contributed by atoms with Crippen LogP contribution in [0.2, 0.25) is 0 Å². The number of aryl methyl sites for hydroxylation is 1. The second kappa shape index (κ2) is 7.12. The van der Waals surface area contributed by atoms with Gasteiger partial charge < -0.3 is 10.4 Å². The van der Waals surface area contributed by atoms with Crippen LogP contribution >= 0.6 is 0 Å². The molecule has 1 saturated carbocycles. The summed E-state index contributed by atoms with van der Waals surface area (Å²) in [6.45, 7) is 1.81. The number of benzene rings is 1. The van der Waals surface area contributed by atoms with Crippen LogP contribution in [0, 0.1) is 24.7 Å². The molecule has 3 heteroatoms. The predicted octanol–water partition coefficient (Wildman–Crippen LogP) is 2.86. The Morgan fingerprint density at radius 1 is 1.40 bits per heavy atom. The molecule has 0 heterocycles. The van der Waals surface area contributed by atoms with Gasteiger partial charge in [0, 0.05) is 17.7 Å². The van der Waals surface area contributed by atoms with E-state index >= 15 is 0 Å². The molecule has 20 heavy (non-hydrogen) atoms. The maximum atomic E-state index is 12.0. The zero-order valence-corrected chi connectivity index (χ0v) is 11.9. The lowest BCUT2D eigenvalue weighted by molar-refractivity contribution is -0.117. The van der Waals surface area contributed by atoms with Crippen molar-refractivity contribution in [3.8, 4) is 11.8 Å². The van der Waals surface area contributed by atoms with E-state index in [0.29, 0.717) is 12.3 Å². The van der Waals surface area contributed by atoms with Crippen molar-refractivity contribution in [2.75, 3.05) is 11.9 Å². The molecule has 1 aromatic rings. The zero-order chi connectivity index (χ0) is 14.4. The van der Waals surface area contributed by atoms with Crippen molar-refractivity contribution in [2.45, 2.75) is 39.0 Å². The Morgan fingerprint density at radius 2 is 2.15 bits per heavy atom. The van der Waals surface area contributed by atoms with Crippen LogP contribution in [0.1, 0.15) is 43.2 Å². The summed E-state index contributed by atoms with van der Waals surface area (Å²) in [4.78, 5) is 12.0. The molecular weight excluding hydrogens is 250 g/mol. The molecule has 0 spiro atoms. The molecule has 0 aliphatic heterocycles. The molecule has 2 N–H and O–H groups in total. The van der Waals surface area contributed by atoms with E-state index < -0.39 is 0 Å². The largest absolute Gasteiger partial charge is 0.384 e. The van der Waals surface area contributed by atoms with Crippen molar-refractivity contribution in [3.05, 3.63) is 29.3 Å². The van der Waals surface area contributed by atoms with Crippen molar-refractivity contribution in [3.63, 3.8) is 0 Å². The highest BCUT2D eigenvalue weighted by molar-refractivity contribution is 5.91. The number of amides is 1. The van der Waals surface area contributed by atoms with Crippen molar-refractivity contribution in [2.24, 2.45) is 5.92 Å². The molecule has 2 rings (SSSR count). The molecule has 106 valence electrons. The first-order valence-corrected chi connectivity index (χ1v) is 7.19. The molecular formula is C17H21NO2. The van der Waals surface area contributed by atoms with E-state index in [9.17, 15) is 4.79 Å². The summed E-state index contributed by atoms with van der Waals surface area (Å²) in [5.41, 5.74) is 2.67. The minimum absolute atomic E-state index is 0.0850. The first-order valence-electron chi connectivity index (χ1n) is 7.19. The number of hydrogen-bond acceptors (Lipinski definition) is 2. The second-order valence-corrected chi connectivity index (χ2v) is 5.39. The number of anilines is 1. The summed E-state index contributed by atoms with van der Waals surface area (Å²) in [7, 11) is 0. The Bertz CT molecular complexity index is 534. The topological polar surface area (TPSA) is 49.3 Å². The maximum absolute atomic E-state index is 12.0. The molecule has 1 aliphatic rings. The SMILES string of the molecule is Cc1ccc(NC(=O)CC2CCCC2)cc1C#CCO. The van der Waals surface area contributed by atoms with Crippen molar-refractivity contribution >= 4 is 11.6 Å². The number of carbonyl (C=O) groups excluding carboxylic acids is 1. The van der Waals surface area contributed by atoms with Crippen LogP contribution in [0.5, 0.6) is 0 Å². The highest BCUT2D eigenvalue weighted by Gasteiger charge is 2.18. The van der Waals surface area contributed by atoms with E-state index in [2.05, 4.69) is 17.2 Å².